The fourth-order valence-electron chi connectivity index (χ4n) is 3.20. The molecule has 1 fully saturated rings. The summed E-state index contributed by atoms with van der Waals surface area (Å²) in [4.78, 5) is 12.2. The Balaban J connectivity index is 1.80. The van der Waals surface area contributed by atoms with Crippen LogP contribution in [-0.4, -0.2) is 5.91 Å². The van der Waals surface area contributed by atoms with Crippen molar-refractivity contribution in [1.29, 1.82) is 0 Å². The van der Waals surface area contributed by atoms with Gasteiger partial charge in [0, 0.05) is 12.5 Å². The Morgan fingerprint density at radius 3 is 2.48 bits per heavy atom. The Labute approximate surface area is 127 Å². The number of amides is 1. The molecular weight excluding hydrogens is 265 g/mol. The van der Waals surface area contributed by atoms with Crippen LogP contribution in [0.2, 0.25) is 0 Å². The number of hydrogen-bond acceptors (Lipinski definition) is 1. The summed E-state index contributed by atoms with van der Waals surface area (Å²) in [6.45, 7) is 7.25. The molecule has 21 heavy (non-hydrogen) atoms. The maximum absolute atomic E-state index is 13.1. The van der Waals surface area contributed by atoms with Crippen LogP contribution in [0.1, 0.15) is 52.0 Å². The highest BCUT2D eigenvalue weighted by Gasteiger charge is 2.32. The fourth-order valence-corrected chi connectivity index (χ4v) is 3.20. The van der Waals surface area contributed by atoms with Gasteiger partial charge in [-0.1, -0.05) is 32.9 Å². The average molecular weight is 291 g/mol. The lowest BCUT2D eigenvalue weighted by Gasteiger charge is -2.36. The van der Waals surface area contributed by atoms with E-state index in [9.17, 15) is 9.18 Å². The molecule has 0 saturated heterocycles. The van der Waals surface area contributed by atoms with Crippen LogP contribution < -0.4 is 5.32 Å². The SMILES string of the molecule is CC(C)(C)C1CCC(C(=O)NCc2cccc(F)c2)CC1. The van der Waals surface area contributed by atoms with E-state index in [1.165, 1.54) is 12.1 Å². The Bertz CT molecular complexity index is 484. The highest BCUT2D eigenvalue weighted by Crippen LogP contribution is 2.39. The van der Waals surface area contributed by atoms with E-state index >= 15 is 0 Å². The van der Waals surface area contributed by atoms with Crippen molar-refractivity contribution in [2.45, 2.75) is 53.0 Å². The molecule has 3 heteroatoms. The van der Waals surface area contributed by atoms with Crippen molar-refractivity contribution >= 4 is 5.91 Å². The molecule has 0 atom stereocenters. The lowest BCUT2D eigenvalue weighted by molar-refractivity contribution is -0.126. The topological polar surface area (TPSA) is 29.1 Å². The predicted molar refractivity (Wildman–Crippen MR) is 83.1 cm³/mol. The summed E-state index contributed by atoms with van der Waals surface area (Å²) >= 11 is 0. The molecule has 1 saturated carbocycles. The Morgan fingerprint density at radius 1 is 1.24 bits per heavy atom. The lowest BCUT2D eigenvalue weighted by atomic mass is 9.69. The van der Waals surface area contributed by atoms with Gasteiger partial charge in [-0.05, 0) is 54.7 Å². The molecule has 116 valence electrons. The van der Waals surface area contributed by atoms with Crippen molar-refractivity contribution in [2.75, 3.05) is 0 Å². The van der Waals surface area contributed by atoms with Crippen LogP contribution in [0.4, 0.5) is 4.39 Å². The summed E-state index contributed by atoms with van der Waals surface area (Å²) in [6, 6.07) is 6.39. The van der Waals surface area contributed by atoms with Crippen LogP contribution in [0.15, 0.2) is 24.3 Å². The third kappa shape index (κ3) is 4.55. The van der Waals surface area contributed by atoms with E-state index in [4.69, 9.17) is 0 Å². The van der Waals surface area contributed by atoms with E-state index in [-0.39, 0.29) is 17.6 Å². The number of carbonyl (C=O) groups is 1. The summed E-state index contributed by atoms with van der Waals surface area (Å²) in [6.07, 6.45) is 4.19. The minimum atomic E-state index is -0.257. The minimum Gasteiger partial charge on any atom is -0.352 e. The van der Waals surface area contributed by atoms with Gasteiger partial charge in [-0.25, -0.2) is 4.39 Å². The van der Waals surface area contributed by atoms with Crippen LogP contribution in [0, 0.1) is 23.1 Å². The summed E-state index contributed by atoms with van der Waals surface area (Å²) in [5.41, 5.74) is 1.15. The van der Waals surface area contributed by atoms with Gasteiger partial charge in [-0.3, -0.25) is 4.79 Å². The molecule has 1 aliphatic rings. The summed E-state index contributed by atoms with van der Waals surface area (Å²) in [7, 11) is 0. The van der Waals surface area contributed by atoms with E-state index in [0.717, 1.165) is 31.2 Å². The molecule has 0 radical (unpaired) electrons. The van der Waals surface area contributed by atoms with Gasteiger partial charge in [0.05, 0.1) is 0 Å². The zero-order chi connectivity index (χ0) is 15.5. The molecule has 0 aromatic heterocycles. The standard InChI is InChI=1S/C18H26FNO/c1-18(2,3)15-9-7-14(8-10-15)17(21)20-12-13-5-4-6-16(19)11-13/h4-6,11,14-15H,7-10,12H2,1-3H3,(H,20,21). The third-order valence-corrected chi connectivity index (χ3v) is 4.68. The maximum Gasteiger partial charge on any atom is 0.223 e. The second kappa shape index (κ2) is 6.59. The van der Waals surface area contributed by atoms with Gasteiger partial charge >= 0.3 is 0 Å². The van der Waals surface area contributed by atoms with Gasteiger partial charge in [0.15, 0.2) is 0 Å². The van der Waals surface area contributed by atoms with Crippen molar-refractivity contribution in [3.63, 3.8) is 0 Å². The Morgan fingerprint density at radius 2 is 1.90 bits per heavy atom. The van der Waals surface area contributed by atoms with Crippen LogP contribution in [0.25, 0.3) is 0 Å². The molecule has 0 spiro atoms. The molecule has 0 aliphatic heterocycles. The van der Waals surface area contributed by atoms with Gasteiger partial charge in [-0.2, -0.15) is 0 Å². The van der Waals surface area contributed by atoms with Crippen molar-refractivity contribution in [3.8, 4) is 0 Å². The second-order valence-corrected chi connectivity index (χ2v) is 7.26. The van der Waals surface area contributed by atoms with Gasteiger partial charge < -0.3 is 5.32 Å². The van der Waals surface area contributed by atoms with Gasteiger partial charge in [0.2, 0.25) is 5.91 Å². The first-order chi connectivity index (χ1) is 9.86. The summed E-state index contributed by atoms with van der Waals surface area (Å²) < 4.78 is 13.1. The maximum atomic E-state index is 13.1. The van der Waals surface area contributed by atoms with E-state index < -0.39 is 0 Å². The molecule has 1 aromatic rings. The first-order valence-corrected chi connectivity index (χ1v) is 7.88. The number of benzene rings is 1. The fraction of sp³-hybridized carbons (Fsp3) is 0.611. The van der Waals surface area contributed by atoms with E-state index in [1.807, 2.05) is 6.07 Å². The number of nitrogens with one attached hydrogen (secondary N) is 1. The number of hydrogen-bond donors (Lipinski definition) is 1. The van der Waals surface area contributed by atoms with E-state index in [0.29, 0.717) is 17.9 Å². The molecule has 2 nitrogen and oxygen atoms in total. The van der Waals surface area contributed by atoms with Crippen molar-refractivity contribution < 1.29 is 9.18 Å². The number of halogens is 1. The predicted octanol–water partition coefficient (Wildman–Crippen LogP) is 4.29. The van der Waals surface area contributed by atoms with Crippen LogP contribution in [-0.2, 0) is 11.3 Å². The van der Waals surface area contributed by atoms with Gasteiger partial charge in [-0.15, -0.1) is 0 Å². The van der Waals surface area contributed by atoms with Crippen LogP contribution in [0.5, 0.6) is 0 Å². The zero-order valence-corrected chi connectivity index (χ0v) is 13.3. The highest BCUT2D eigenvalue weighted by molar-refractivity contribution is 5.78. The normalized spacial score (nSPS) is 22.9. The number of rotatable bonds is 3. The Kier molecular flexibility index (Phi) is 5.02. The first kappa shape index (κ1) is 16.0. The lowest BCUT2D eigenvalue weighted by Crippen LogP contribution is -2.35. The number of carbonyl (C=O) groups excluding carboxylic acids is 1. The second-order valence-electron chi connectivity index (χ2n) is 7.26. The van der Waals surface area contributed by atoms with E-state index in [1.54, 1.807) is 6.07 Å². The van der Waals surface area contributed by atoms with Crippen molar-refractivity contribution in [1.82, 2.24) is 5.32 Å². The molecule has 0 heterocycles. The van der Waals surface area contributed by atoms with Gasteiger partial charge in [0.1, 0.15) is 5.82 Å². The molecule has 2 rings (SSSR count). The molecule has 1 N–H and O–H groups in total. The van der Waals surface area contributed by atoms with Crippen molar-refractivity contribution in [2.24, 2.45) is 17.3 Å². The molecule has 1 amide bonds. The van der Waals surface area contributed by atoms with Gasteiger partial charge in [0.25, 0.3) is 0 Å². The van der Waals surface area contributed by atoms with E-state index in [2.05, 4.69) is 26.1 Å². The zero-order valence-electron chi connectivity index (χ0n) is 13.3. The minimum absolute atomic E-state index is 0.117. The summed E-state index contributed by atoms with van der Waals surface area (Å²) in [5.74, 6) is 0.695. The molecule has 0 unspecified atom stereocenters. The van der Waals surface area contributed by atoms with Crippen LogP contribution in [0.3, 0.4) is 0 Å². The molecular formula is C18H26FNO. The third-order valence-electron chi connectivity index (χ3n) is 4.68. The highest BCUT2D eigenvalue weighted by atomic mass is 19.1. The molecule has 1 aliphatic carbocycles. The van der Waals surface area contributed by atoms with Crippen LogP contribution >= 0.6 is 0 Å². The average Bonchev–Trinajstić information content (AvgIpc) is 2.44. The van der Waals surface area contributed by atoms with Crippen molar-refractivity contribution in [3.05, 3.63) is 35.6 Å². The quantitative estimate of drug-likeness (QED) is 0.884. The monoisotopic (exact) mass is 291 g/mol. The molecule has 0 bridgehead atoms. The Hall–Kier alpha value is -1.38. The first-order valence-electron chi connectivity index (χ1n) is 7.88. The smallest absolute Gasteiger partial charge is 0.223 e. The molecule has 1 aromatic carbocycles. The summed E-state index contributed by atoms with van der Waals surface area (Å²) in [5, 5.41) is 2.94. The largest absolute Gasteiger partial charge is 0.352 e.